The molecule has 0 bridgehead atoms. The van der Waals surface area contributed by atoms with Gasteiger partial charge in [-0.2, -0.15) is 0 Å². The van der Waals surface area contributed by atoms with Gasteiger partial charge in [-0.1, -0.05) is 60.7 Å². The van der Waals surface area contributed by atoms with Gasteiger partial charge >= 0.3 is 12.1 Å². The zero-order valence-corrected chi connectivity index (χ0v) is 18.9. The van der Waals surface area contributed by atoms with Crippen molar-refractivity contribution in [1.82, 2.24) is 5.32 Å². The highest BCUT2D eigenvalue weighted by Gasteiger charge is 2.29. The van der Waals surface area contributed by atoms with Crippen LogP contribution in [0.15, 0.2) is 72.8 Å². The van der Waals surface area contributed by atoms with E-state index in [0.29, 0.717) is 5.75 Å². The van der Waals surface area contributed by atoms with Crippen molar-refractivity contribution in [3.8, 4) is 16.9 Å². The number of rotatable bonds is 9. The van der Waals surface area contributed by atoms with E-state index in [4.69, 9.17) is 9.47 Å². The highest BCUT2D eigenvalue weighted by Crippen LogP contribution is 2.44. The summed E-state index contributed by atoms with van der Waals surface area (Å²) < 4.78 is 15.7. The Bertz CT molecular complexity index is 1100. The molecule has 0 saturated heterocycles. The summed E-state index contributed by atoms with van der Waals surface area (Å²) in [6, 6.07) is 23.2. The Hall–Kier alpha value is -3.84. The number of hydrogen-bond donors (Lipinski definition) is 2. The third kappa shape index (κ3) is 5.55. The van der Waals surface area contributed by atoms with Crippen molar-refractivity contribution >= 4 is 12.1 Å². The molecule has 0 fully saturated rings. The van der Waals surface area contributed by atoms with E-state index in [1.165, 1.54) is 7.11 Å². The summed E-state index contributed by atoms with van der Waals surface area (Å²) >= 11 is 0. The molecular formula is C27H27NO6. The largest absolute Gasteiger partial charge is 0.491 e. The SMILES string of the molecule is COC(=O)Cc1ccc(OCC(O)CNC(=O)OCC2c3ccccc3-c3ccccc32)cc1. The zero-order valence-electron chi connectivity index (χ0n) is 18.9. The van der Waals surface area contributed by atoms with Crippen molar-refractivity contribution < 1.29 is 28.9 Å². The van der Waals surface area contributed by atoms with Gasteiger partial charge in [-0.25, -0.2) is 4.79 Å². The number of amides is 1. The lowest BCUT2D eigenvalue weighted by Crippen LogP contribution is -2.36. The van der Waals surface area contributed by atoms with Crippen LogP contribution in [0.2, 0.25) is 0 Å². The van der Waals surface area contributed by atoms with Crippen LogP contribution in [0, 0.1) is 0 Å². The number of hydrogen-bond acceptors (Lipinski definition) is 6. The Labute approximate surface area is 198 Å². The molecule has 0 saturated carbocycles. The van der Waals surface area contributed by atoms with Gasteiger partial charge in [0, 0.05) is 5.92 Å². The van der Waals surface area contributed by atoms with Gasteiger partial charge < -0.3 is 24.6 Å². The first kappa shape index (κ1) is 23.3. The van der Waals surface area contributed by atoms with E-state index in [2.05, 4.69) is 34.3 Å². The lowest BCUT2D eigenvalue weighted by atomic mass is 9.98. The lowest BCUT2D eigenvalue weighted by Gasteiger charge is -2.16. The number of aliphatic hydroxyl groups is 1. The molecule has 176 valence electrons. The molecule has 0 heterocycles. The van der Waals surface area contributed by atoms with Gasteiger partial charge in [-0.05, 0) is 39.9 Å². The summed E-state index contributed by atoms with van der Waals surface area (Å²) in [6.07, 6.45) is -1.31. The van der Waals surface area contributed by atoms with Crippen molar-refractivity contribution in [3.05, 3.63) is 89.5 Å². The van der Waals surface area contributed by atoms with Crippen molar-refractivity contribution in [3.63, 3.8) is 0 Å². The number of ether oxygens (including phenoxy) is 3. The number of alkyl carbamates (subject to hydrolysis) is 1. The first-order valence-corrected chi connectivity index (χ1v) is 11.1. The summed E-state index contributed by atoms with van der Waals surface area (Å²) in [7, 11) is 1.35. The summed E-state index contributed by atoms with van der Waals surface area (Å²) in [4.78, 5) is 23.5. The topological polar surface area (TPSA) is 94.1 Å². The van der Waals surface area contributed by atoms with Crippen LogP contribution in [0.1, 0.15) is 22.6 Å². The molecule has 1 aliphatic carbocycles. The predicted molar refractivity (Wildman–Crippen MR) is 127 cm³/mol. The third-order valence-electron chi connectivity index (χ3n) is 5.77. The van der Waals surface area contributed by atoms with Crippen LogP contribution < -0.4 is 10.1 Å². The number of nitrogens with one attached hydrogen (secondary N) is 1. The Kier molecular flexibility index (Phi) is 7.44. The molecule has 2 N–H and O–H groups in total. The van der Waals surface area contributed by atoms with Crippen molar-refractivity contribution in [2.24, 2.45) is 0 Å². The number of carbonyl (C=O) groups is 2. The molecule has 1 amide bonds. The molecule has 1 atom stereocenters. The Morgan fingerprint density at radius 1 is 0.941 bits per heavy atom. The molecule has 0 aromatic heterocycles. The van der Waals surface area contributed by atoms with E-state index in [1.807, 2.05) is 24.3 Å². The smallest absolute Gasteiger partial charge is 0.407 e. The molecule has 0 spiro atoms. The number of carbonyl (C=O) groups excluding carboxylic acids is 2. The van der Waals surface area contributed by atoms with Crippen LogP contribution in [0.5, 0.6) is 5.75 Å². The third-order valence-corrected chi connectivity index (χ3v) is 5.77. The number of fused-ring (bicyclic) bond motifs is 3. The van der Waals surface area contributed by atoms with Crippen LogP contribution >= 0.6 is 0 Å². The monoisotopic (exact) mass is 461 g/mol. The highest BCUT2D eigenvalue weighted by atomic mass is 16.5. The van der Waals surface area contributed by atoms with Crippen molar-refractivity contribution in [2.75, 3.05) is 26.9 Å². The van der Waals surface area contributed by atoms with E-state index in [-0.39, 0.29) is 38.1 Å². The first-order valence-electron chi connectivity index (χ1n) is 11.1. The molecule has 7 nitrogen and oxygen atoms in total. The Morgan fingerprint density at radius 2 is 1.56 bits per heavy atom. The Morgan fingerprint density at radius 3 is 2.18 bits per heavy atom. The maximum absolute atomic E-state index is 12.2. The summed E-state index contributed by atoms with van der Waals surface area (Å²) in [5.74, 6) is 0.214. The molecule has 3 aromatic carbocycles. The fourth-order valence-electron chi connectivity index (χ4n) is 4.04. The summed E-state index contributed by atoms with van der Waals surface area (Å²) in [6.45, 7) is 0.210. The van der Waals surface area contributed by atoms with E-state index in [1.54, 1.807) is 24.3 Å². The standard InChI is InChI=1S/C27H27NO6/c1-32-26(30)14-18-10-12-20(13-11-18)33-16-19(29)15-28-27(31)34-17-25-23-8-4-2-6-21(23)22-7-3-5-9-24(22)25/h2-13,19,25,29H,14-17H2,1H3,(H,28,31). The zero-order chi connectivity index (χ0) is 23.9. The number of aliphatic hydroxyl groups excluding tert-OH is 1. The minimum absolute atomic E-state index is 0.00000400. The molecule has 7 heteroatoms. The minimum Gasteiger partial charge on any atom is -0.491 e. The van der Waals surface area contributed by atoms with Gasteiger partial charge in [-0.15, -0.1) is 0 Å². The quantitative estimate of drug-likeness (QED) is 0.472. The second-order valence-corrected chi connectivity index (χ2v) is 8.07. The van der Waals surface area contributed by atoms with Gasteiger partial charge in [0.15, 0.2) is 0 Å². The predicted octanol–water partition coefficient (Wildman–Crippen LogP) is 3.68. The number of benzene rings is 3. The van der Waals surface area contributed by atoms with Crippen LogP contribution in [0.25, 0.3) is 11.1 Å². The minimum atomic E-state index is -0.907. The average Bonchev–Trinajstić information content (AvgIpc) is 3.19. The van der Waals surface area contributed by atoms with Gasteiger partial charge in [0.1, 0.15) is 25.1 Å². The fraction of sp³-hybridized carbons (Fsp3) is 0.259. The Balaban J connectivity index is 1.21. The molecule has 3 aromatic rings. The van der Waals surface area contributed by atoms with E-state index >= 15 is 0 Å². The van der Waals surface area contributed by atoms with E-state index < -0.39 is 12.2 Å². The maximum atomic E-state index is 12.2. The molecule has 0 aliphatic heterocycles. The fourth-order valence-corrected chi connectivity index (χ4v) is 4.04. The second-order valence-electron chi connectivity index (χ2n) is 8.07. The highest BCUT2D eigenvalue weighted by molar-refractivity contribution is 5.79. The second kappa shape index (κ2) is 10.9. The molecule has 1 unspecified atom stereocenters. The number of methoxy groups -OCH3 is 1. The van der Waals surface area contributed by atoms with Crippen molar-refractivity contribution in [2.45, 2.75) is 18.4 Å². The molecule has 0 radical (unpaired) electrons. The van der Waals surface area contributed by atoms with Crippen molar-refractivity contribution in [1.29, 1.82) is 0 Å². The molecular weight excluding hydrogens is 434 g/mol. The maximum Gasteiger partial charge on any atom is 0.407 e. The number of esters is 1. The van der Waals surface area contributed by atoms with E-state index in [0.717, 1.165) is 27.8 Å². The van der Waals surface area contributed by atoms with Crippen LogP contribution in [-0.4, -0.2) is 50.1 Å². The van der Waals surface area contributed by atoms with Gasteiger partial charge in [0.2, 0.25) is 0 Å². The van der Waals surface area contributed by atoms with Crippen LogP contribution in [0.3, 0.4) is 0 Å². The van der Waals surface area contributed by atoms with E-state index in [9.17, 15) is 14.7 Å². The van der Waals surface area contributed by atoms with Crippen LogP contribution in [-0.2, 0) is 20.7 Å². The summed E-state index contributed by atoms with van der Waals surface area (Å²) in [5.41, 5.74) is 5.41. The molecule has 4 rings (SSSR count). The molecule has 34 heavy (non-hydrogen) atoms. The normalized spacial score (nSPS) is 12.9. The van der Waals surface area contributed by atoms with Crippen LogP contribution in [0.4, 0.5) is 4.79 Å². The summed E-state index contributed by atoms with van der Waals surface area (Å²) in [5, 5.41) is 12.7. The van der Waals surface area contributed by atoms with Gasteiger partial charge in [0.25, 0.3) is 0 Å². The average molecular weight is 462 g/mol. The lowest BCUT2D eigenvalue weighted by molar-refractivity contribution is -0.139. The van der Waals surface area contributed by atoms with Gasteiger partial charge in [0.05, 0.1) is 20.1 Å². The van der Waals surface area contributed by atoms with Gasteiger partial charge in [-0.3, -0.25) is 4.79 Å². The molecule has 1 aliphatic rings. The first-order chi connectivity index (χ1) is 16.5.